The van der Waals surface area contributed by atoms with Crippen molar-refractivity contribution in [3.05, 3.63) is 0 Å². The topological polar surface area (TPSA) is 74.6 Å². The Morgan fingerprint density at radius 3 is 1.00 bits per heavy atom. The van der Waals surface area contributed by atoms with Gasteiger partial charge in [-0.3, -0.25) is 9.11 Å². The molecule has 0 saturated heterocycles. The van der Waals surface area contributed by atoms with E-state index in [0.717, 1.165) is 0 Å². The van der Waals surface area contributed by atoms with Gasteiger partial charge in [-0.25, -0.2) is 0 Å². The van der Waals surface area contributed by atoms with Crippen molar-refractivity contribution in [1.82, 2.24) is 0 Å². The number of hydrogen-bond donors (Lipinski definition) is 2. The van der Waals surface area contributed by atoms with E-state index in [-0.39, 0.29) is 56.5 Å². The van der Waals surface area contributed by atoms with Crippen molar-refractivity contribution in [2.75, 3.05) is 0 Å². The van der Waals surface area contributed by atoms with Crippen LogP contribution in [-0.4, -0.2) is 47.1 Å². The van der Waals surface area contributed by atoms with E-state index in [2.05, 4.69) is 0 Å². The molecule has 0 atom stereocenters. The van der Waals surface area contributed by atoms with E-state index in [0.29, 0.717) is 0 Å². The summed E-state index contributed by atoms with van der Waals surface area (Å²) in [7, 11) is -4.67. The van der Waals surface area contributed by atoms with E-state index in [9.17, 15) is 0 Å². The first-order valence-corrected chi connectivity index (χ1v) is 2.10. The Morgan fingerprint density at radius 1 is 1.00 bits per heavy atom. The molecule has 2 N–H and O–H groups in total. The van der Waals surface area contributed by atoms with E-state index in [4.69, 9.17) is 17.5 Å². The Bertz CT molecular complexity index is 94.5. The average Bonchev–Trinajstić information content (AvgIpc) is 0.722. The van der Waals surface area contributed by atoms with Gasteiger partial charge in [0.1, 0.15) is 0 Å². The molecule has 4 nitrogen and oxygen atoms in total. The maximum absolute atomic E-state index is 8.74. The minimum absolute atomic E-state index is 0. The van der Waals surface area contributed by atoms with Gasteiger partial charge >= 0.3 is 40.0 Å². The first-order chi connectivity index (χ1) is 2.00. The van der Waals surface area contributed by atoms with Crippen LogP contribution >= 0.6 is 27.0 Å². The quantitative estimate of drug-likeness (QED) is 0.376. The van der Waals surface area contributed by atoms with Gasteiger partial charge in [-0.15, -0.1) is 0 Å². The Kier molecular flexibility index (Phi) is 24.3. The predicted octanol–water partition coefficient (Wildman–Crippen LogP) is -1.08. The van der Waals surface area contributed by atoms with Gasteiger partial charge in [-0.05, 0) is 0 Å². The second-order valence-corrected chi connectivity index (χ2v) is 1.34. The molecule has 0 aromatic heterocycles. The zero-order valence-electron chi connectivity index (χ0n) is 3.12. The normalized spacial score (nSPS) is 7.25. The van der Waals surface area contributed by atoms with Gasteiger partial charge in [0.15, 0.2) is 0 Å². The Balaban J connectivity index is -0.0000000267. The molecule has 0 aromatic carbocycles. The van der Waals surface area contributed by atoms with Gasteiger partial charge in [0, 0.05) is 0 Å². The van der Waals surface area contributed by atoms with E-state index in [1.807, 2.05) is 0 Å². The summed E-state index contributed by atoms with van der Waals surface area (Å²) in [4.78, 5) is 0. The summed E-state index contributed by atoms with van der Waals surface area (Å²) in [6, 6.07) is 0. The van der Waals surface area contributed by atoms with Crippen LogP contribution in [0.15, 0.2) is 0 Å². The van der Waals surface area contributed by atoms with E-state index < -0.39 is 10.4 Å². The molecule has 0 aliphatic rings. The minimum atomic E-state index is -4.67. The van der Waals surface area contributed by atoms with Gasteiger partial charge in [0.2, 0.25) is 0 Å². The molecule has 8 heavy (non-hydrogen) atoms. The zero-order valence-corrected chi connectivity index (χ0v) is 5.94. The van der Waals surface area contributed by atoms with Crippen molar-refractivity contribution in [3.63, 3.8) is 0 Å². The van der Waals surface area contributed by atoms with Crippen LogP contribution in [0, 0.1) is 0 Å². The third-order valence-electron chi connectivity index (χ3n) is 0. The molecule has 0 spiro atoms. The molecule has 0 heterocycles. The Labute approximate surface area is 83.8 Å². The molecular weight excluding hydrogens is 183 g/mol. The van der Waals surface area contributed by atoms with Crippen LogP contribution in [0.25, 0.3) is 0 Å². The van der Waals surface area contributed by atoms with Gasteiger partial charge < -0.3 is 0 Å². The van der Waals surface area contributed by atoms with Crippen molar-refractivity contribution < 1.29 is 17.5 Å². The van der Waals surface area contributed by atoms with Crippen molar-refractivity contribution in [3.8, 4) is 0 Å². The fourth-order valence-corrected chi connectivity index (χ4v) is 0. The summed E-state index contributed by atoms with van der Waals surface area (Å²) in [5.74, 6) is 0. The summed E-state index contributed by atoms with van der Waals surface area (Å²) < 4.78 is 31.6. The molecule has 0 amide bonds. The summed E-state index contributed by atoms with van der Waals surface area (Å²) in [5.41, 5.74) is 0. The first-order valence-electron chi connectivity index (χ1n) is 0.698. The van der Waals surface area contributed by atoms with Crippen molar-refractivity contribution >= 4 is 66.9 Å². The Morgan fingerprint density at radius 2 is 1.00 bits per heavy atom. The van der Waals surface area contributed by atoms with Crippen LogP contribution in [0.3, 0.4) is 0 Å². The SMILES string of the molecule is O=S(=O)(O)O.S.S.[NaH]. The van der Waals surface area contributed by atoms with Crippen LogP contribution in [0.1, 0.15) is 0 Å². The van der Waals surface area contributed by atoms with Crippen LogP contribution in [-0.2, 0) is 10.4 Å². The van der Waals surface area contributed by atoms with Crippen molar-refractivity contribution in [2.24, 2.45) is 0 Å². The zero-order chi connectivity index (χ0) is 4.50. The molecule has 0 radical (unpaired) electrons. The van der Waals surface area contributed by atoms with Gasteiger partial charge in [0.25, 0.3) is 0 Å². The van der Waals surface area contributed by atoms with Crippen LogP contribution < -0.4 is 0 Å². The van der Waals surface area contributed by atoms with E-state index in [1.54, 1.807) is 0 Å². The van der Waals surface area contributed by atoms with Crippen molar-refractivity contribution in [2.45, 2.75) is 0 Å². The number of hydrogen-bond acceptors (Lipinski definition) is 2. The van der Waals surface area contributed by atoms with Gasteiger partial charge in [0.05, 0.1) is 0 Å². The summed E-state index contributed by atoms with van der Waals surface area (Å²) in [6.45, 7) is 0. The molecule has 0 aliphatic carbocycles. The standard InChI is InChI=1S/Na.H2O4S.2H2S.H/c;1-5(2,3)4;;;/h;(H2,1,2,3,4);2*1H2;. The van der Waals surface area contributed by atoms with E-state index in [1.165, 1.54) is 0 Å². The van der Waals surface area contributed by atoms with Gasteiger partial charge in [-0.2, -0.15) is 35.4 Å². The number of rotatable bonds is 0. The first kappa shape index (κ1) is 22.7. The second-order valence-electron chi connectivity index (χ2n) is 0.448. The predicted molar refractivity (Wildman–Crippen MR) is 42.1 cm³/mol. The molecule has 0 aromatic rings. The molecule has 0 unspecified atom stereocenters. The summed E-state index contributed by atoms with van der Waals surface area (Å²) in [5, 5.41) is 0. The van der Waals surface area contributed by atoms with Crippen molar-refractivity contribution in [1.29, 1.82) is 0 Å². The molecule has 0 bridgehead atoms. The fourth-order valence-electron chi connectivity index (χ4n) is 0. The molecular formula is H7NaO4S3. The third kappa shape index (κ3) is 133. The second kappa shape index (κ2) is 8.57. The van der Waals surface area contributed by atoms with Crippen LogP contribution in [0.4, 0.5) is 0 Å². The molecule has 50 valence electrons. The fraction of sp³-hybridized carbons (Fsp3) is 0. The third-order valence-corrected chi connectivity index (χ3v) is 0. The maximum atomic E-state index is 8.74. The van der Waals surface area contributed by atoms with Gasteiger partial charge in [-0.1, -0.05) is 0 Å². The molecule has 0 saturated carbocycles. The molecule has 8 heteroatoms. The Hall–Kier alpha value is 1.57. The van der Waals surface area contributed by atoms with E-state index >= 15 is 0 Å². The molecule has 0 rings (SSSR count). The average molecular weight is 190 g/mol. The molecule has 0 aliphatic heterocycles. The monoisotopic (exact) mass is 190 g/mol. The molecule has 0 fully saturated rings. The summed E-state index contributed by atoms with van der Waals surface area (Å²) in [6.07, 6.45) is 0. The summed E-state index contributed by atoms with van der Waals surface area (Å²) >= 11 is 0. The van der Waals surface area contributed by atoms with Crippen LogP contribution in [0.2, 0.25) is 0 Å². The van der Waals surface area contributed by atoms with Crippen LogP contribution in [0.5, 0.6) is 0 Å².